The van der Waals surface area contributed by atoms with Crippen LogP contribution in [0.25, 0.3) is 0 Å². The second-order valence-electron chi connectivity index (χ2n) is 5.29. The van der Waals surface area contributed by atoms with Crippen molar-refractivity contribution in [2.75, 3.05) is 20.3 Å². The molecule has 114 valence electrons. The first-order valence-electron chi connectivity index (χ1n) is 7.09. The van der Waals surface area contributed by atoms with Gasteiger partial charge in [0, 0.05) is 36.4 Å². The Morgan fingerprint density at radius 2 is 2.10 bits per heavy atom. The molecule has 0 saturated carbocycles. The Labute approximate surface area is 130 Å². The lowest BCUT2D eigenvalue weighted by molar-refractivity contribution is 0.0602. The fraction of sp³-hybridized carbons (Fsp3) is 0.667. The maximum atomic E-state index is 12.8. The predicted molar refractivity (Wildman–Crippen MR) is 85.2 cm³/mol. The number of carbonyl (C=O) groups is 1. The SMILES string of the molecule is CCC(C)N(CCOC)C(=O)c1cc(Br)cn1C(C)C. The van der Waals surface area contributed by atoms with E-state index in [1.54, 1.807) is 7.11 Å². The van der Waals surface area contributed by atoms with E-state index in [1.165, 1.54) is 0 Å². The predicted octanol–water partition coefficient (Wildman–Crippen LogP) is 3.72. The Kier molecular flexibility index (Phi) is 6.76. The summed E-state index contributed by atoms with van der Waals surface area (Å²) in [5, 5.41) is 0. The molecule has 20 heavy (non-hydrogen) atoms. The van der Waals surface area contributed by atoms with Gasteiger partial charge in [0.2, 0.25) is 0 Å². The van der Waals surface area contributed by atoms with Gasteiger partial charge in [0.25, 0.3) is 5.91 Å². The van der Waals surface area contributed by atoms with Gasteiger partial charge in [-0.2, -0.15) is 0 Å². The molecule has 1 rings (SSSR count). The molecule has 0 aliphatic carbocycles. The summed E-state index contributed by atoms with van der Waals surface area (Å²) in [6.45, 7) is 9.49. The van der Waals surface area contributed by atoms with E-state index in [0.29, 0.717) is 13.2 Å². The van der Waals surface area contributed by atoms with Crippen LogP contribution in [-0.4, -0.2) is 41.7 Å². The molecule has 0 fully saturated rings. The fourth-order valence-corrected chi connectivity index (χ4v) is 2.56. The molecule has 0 radical (unpaired) electrons. The molecule has 1 amide bonds. The summed E-state index contributed by atoms with van der Waals surface area (Å²) < 4.78 is 8.07. The highest BCUT2D eigenvalue weighted by molar-refractivity contribution is 9.10. The summed E-state index contributed by atoms with van der Waals surface area (Å²) >= 11 is 3.46. The molecular weight excluding hydrogens is 320 g/mol. The van der Waals surface area contributed by atoms with Gasteiger partial charge in [-0.25, -0.2) is 0 Å². The van der Waals surface area contributed by atoms with Crippen molar-refractivity contribution >= 4 is 21.8 Å². The number of carbonyl (C=O) groups excluding carboxylic acids is 1. The number of hydrogen-bond donors (Lipinski definition) is 0. The number of rotatable bonds is 7. The van der Waals surface area contributed by atoms with Gasteiger partial charge < -0.3 is 14.2 Å². The zero-order valence-corrected chi connectivity index (χ0v) is 14.6. The van der Waals surface area contributed by atoms with E-state index in [-0.39, 0.29) is 18.0 Å². The lowest BCUT2D eigenvalue weighted by Crippen LogP contribution is -2.41. The average Bonchev–Trinajstić information content (AvgIpc) is 2.80. The van der Waals surface area contributed by atoms with E-state index in [1.807, 2.05) is 21.7 Å². The second kappa shape index (κ2) is 7.84. The lowest BCUT2D eigenvalue weighted by Gasteiger charge is -2.29. The van der Waals surface area contributed by atoms with E-state index in [4.69, 9.17) is 4.74 Å². The number of aromatic nitrogens is 1. The Morgan fingerprint density at radius 1 is 1.45 bits per heavy atom. The van der Waals surface area contributed by atoms with E-state index in [9.17, 15) is 4.79 Å². The molecule has 0 saturated heterocycles. The summed E-state index contributed by atoms with van der Waals surface area (Å²) in [7, 11) is 1.66. The number of ether oxygens (including phenoxy) is 1. The smallest absolute Gasteiger partial charge is 0.270 e. The van der Waals surface area contributed by atoms with Crippen molar-refractivity contribution in [2.45, 2.75) is 46.2 Å². The van der Waals surface area contributed by atoms with Crippen molar-refractivity contribution in [3.8, 4) is 0 Å². The monoisotopic (exact) mass is 344 g/mol. The fourth-order valence-electron chi connectivity index (χ4n) is 2.12. The Balaban J connectivity index is 3.05. The Bertz CT molecular complexity index is 443. The highest BCUT2D eigenvalue weighted by atomic mass is 79.9. The molecule has 0 aliphatic rings. The van der Waals surface area contributed by atoms with E-state index >= 15 is 0 Å². The van der Waals surface area contributed by atoms with Gasteiger partial charge in [-0.15, -0.1) is 0 Å². The van der Waals surface area contributed by atoms with Crippen LogP contribution < -0.4 is 0 Å². The van der Waals surface area contributed by atoms with Crippen LogP contribution in [0, 0.1) is 0 Å². The van der Waals surface area contributed by atoms with Crippen molar-refractivity contribution < 1.29 is 9.53 Å². The minimum absolute atomic E-state index is 0.0656. The molecular formula is C15H25BrN2O2. The summed E-state index contributed by atoms with van der Waals surface area (Å²) in [4.78, 5) is 14.7. The first-order valence-corrected chi connectivity index (χ1v) is 7.88. The largest absolute Gasteiger partial charge is 0.383 e. The highest BCUT2D eigenvalue weighted by Gasteiger charge is 2.24. The summed E-state index contributed by atoms with van der Waals surface area (Å²) in [5.41, 5.74) is 0.725. The van der Waals surface area contributed by atoms with E-state index < -0.39 is 0 Å². The molecule has 5 heteroatoms. The highest BCUT2D eigenvalue weighted by Crippen LogP contribution is 2.21. The van der Waals surface area contributed by atoms with Crippen LogP contribution in [0.15, 0.2) is 16.7 Å². The van der Waals surface area contributed by atoms with E-state index in [0.717, 1.165) is 16.6 Å². The third-order valence-corrected chi connectivity index (χ3v) is 3.94. The maximum Gasteiger partial charge on any atom is 0.270 e. The Morgan fingerprint density at radius 3 is 2.60 bits per heavy atom. The molecule has 0 N–H and O–H groups in total. The summed E-state index contributed by atoms with van der Waals surface area (Å²) in [6, 6.07) is 2.35. The second-order valence-corrected chi connectivity index (χ2v) is 6.21. The van der Waals surface area contributed by atoms with Crippen LogP contribution in [0.5, 0.6) is 0 Å². The van der Waals surface area contributed by atoms with Gasteiger partial charge in [0.15, 0.2) is 0 Å². The molecule has 1 aromatic rings. The van der Waals surface area contributed by atoms with Crippen LogP contribution in [0.1, 0.15) is 50.6 Å². The molecule has 0 aliphatic heterocycles. The van der Waals surface area contributed by atoms with Crippen molar-refractivity contribution in [1.82, 2.24) is 9.47 Å². The van der Waals surface area contributed by atoms with Crippen LogP contribution in [0.2, 0.25) is 0 Å². The van der Waals surface area contributed by atoms with Crippen LogP contribution in [0.4, 0.5) is 0 Å². The topological polar surface area (TPSA) is 34.5 Å². The van der Waals surface area contributed by atoms with Crippen LogP contribution >= 0.6 is 15.9 Å². The van der Waals surface area contributed by atoms with Crippen molar-refractivity contribution in [1.29, 1.82) is 0 Å². The van der Waals surface area contributed by atoms with Crippen LogP contribution in [0.3, 0.4) is 0 Å². The quantitative estimate of drug-likeness (QED) is 0.755. The first-order chi connectivity index (χ1) is 9.42. The standard InChI is InChI=1S/C15H25BrN2O2/c1-6-12(4)17(7-8-20-5)15(19)14-9-13(16)10-18(14)11(2)3/h9-12H,6-8H2,1-5H3. The van der Waals surface area contributed by atoms with Gasteiger partial charge in [-0.05, 0) is 49.2 Å². The number of nitrogens with zero attached hydrogens (tertiary/aromatic N) is 2. The summed E-state index contributed by atoms with van der Waals surface area (Å²) in [5.74, 6) is 0.0656. The average molecular weight is 345 g/mol. The van der Waals surface area contributed by atoms with E-state index in [2.05, 4.69) is 43.6 Å². The summed E-state index contributed by atoms with van der Waals surface area (Å²) in [6.07, 6.45) is 2.89. The molecule has 0 bridgehead atoms. The molecule has 1 atom stereocenters. The maximum absolute atomic E-state index is 12.8. The number of halogens is 1. The van der Waals surface area contributed by atoms with Gasteiger partial charge in [-0.1, -0.05) is 6.92 Å². The first kappa shape index (κ1) is 17.2. The molecule has 0 spiro atoms. The van der Waals surface area contributed by atoms with Gasteiger partial charge >= 0.3 is 0 Å². The van der Waals surface area contributed by atoms with Crippen molar-refractivity contribution in [3.63, 3.8) is 0 Å². The molecule has 4 nitrogen and oxygen atoms in total. The minimum atomic E-state index is 0.0656. The molecule has 0 aromatic carbocycles. The van der Waals surface area contributed by atoms with Crippen molar-refractivity contribution in [2.24, 2.45) is 0 Å². The normalized spacial score (nSPS) is 12.8. The van der Waals surface area contributed by atoms with Gasteiger partial charge in [0.05, 0.1) is 6.61 Å². The number of methoxy groups -OCH3 is 1. The Hall–Kier alpha value is -0.810. The van der Waals surface area contributed by atoms with Crippen molar-refractivity contribution in [3.05, 3.63) is 22.4 Å². The molecule has 1 aromatic heterocycles. The van der Waals surface area contributed by atoms with Gasteiger partial charge in [-0.3, -0.25) is 4.79 Å². The van der Waals surface area contributed by atoms with Gasteiger partial charge in [0.1, 0.15) is 5.69 Å². The molecule has 1 unspecified atom stereocenters. The third-order valence-electron chi connectivity index (χ3n) is 3.51. The number of amides is 1. The molecule has 1 heterocycles. The zero-order valence-electron chi connectivity index (χ0n) is 13.0. The lowest BCUT2D eigenvalue weighted by atomic mass is 10.2. The number of hydrogen-bond acceptors (Lipinski definition) is 2. The zero-order chi connectivity index (χ0) is 15.3. The van der Waals surface area contributed by atoms with Crippen LogP contribution in [-0.2, 0) is 4.74 Å². The third kappa shape index (κ3) is 4.09. The minimum Gasteiger partial charge on any atom is -0.383 e.